The largest absolute Gasteiger partial charge is 0.378 e. The topological polar surface area (TPSA) is 65.1 Å². The van der Waals surface area contributed by atoms with Gasteiger partial charge in [-0.2, -0.15) is 5.10 Å². The summed E-state index contributed by atoms with van der Waals surface area (Å²) in [6.45, 7) is 7.38. The van der Waals surface area contributed by atoms with Gasteiger partial charge in [-0.15, -0.1) is 0 Å². The first-order chi connectivity index (χ1) is 9.69. The first-order valence-corrected chi connectivity index (χ1v) is 7.81. The quantitative estimate of drug-likeness (QED) is 0.592. The van der Waals surface area contributed by atoms with Crippen LogP contribution in [0, 0.1) is 5.92 Å². The maximum absolute atomic E-state index is 5.74. The Hall–Kier alpha value is -0.910. The summed E-state index contributed by atoms with van der Waals surface area (Å²) in [4.78, 5) is 0. The van der Waals surface area contributed by atoms with Crippen LogP contribution in [0.4, 0.5) is 0 Å². The second-order valence-corrected chi connectivity index (χ2v) is 5.76. The fourth-order valence-electron chi connectivity index (χ4n) is 3.19. The lowest BCUT2D eigenvalue weighted by Crippen LogP contribution is -2.44. The molecular weight excluding hydrogens is 252 g/mol. The number of hydrogen-bond acceptors (Lipinski definition) is 4. The van der Waals surface area contributed by atoms with Crippen LogP contribution in [0.1, 0.15) is 51.8 Å². The Morgan fingerprint density at radius 2 is 2.25 bits per heavy atom. The zero-order valence-corrected chi connectivity index (χ0v) is 12.9. The molecule has 1 aliphatic rings. The van der Waals surface area contributed by atoms with Crippen molar-refractivity contribution in [1.29, 1.82) is 0 Å². The highest BCUT2D eigenvalue weighted by atomic mass is 16.5. The van der Waals surface area contributed by atoms with Crippen LogP contribution in [0.15, 0.2) is 12.3 Å². The predicted molar refractivity (Wildman–Crippen MR) is 80.2 cm³/mol. The van der Waals surface area contributed by atoms with Gasteiger partial charge in [0.25, 0.3) is 0 Å². The van der Waals surface area contributed by atoms with E-state index in [1.807, 2.05) is 0 Å². The number of ether oxygens (including phenoxy) is 1. The highest BCUT2D eigenvalue weighted by Gasteiger charge is 2.31. The first kappa shape index (κ1) is 15.5. The van der Waals surface area contributed by atoms with Crippen LogP contribution in [-0.2, 0) is 11.2 Å². The Balaban J connectivity index is 2.01. The van der Waals surface area contributed by atoms with Crippen LogP contribution in [-0.4, -0.2) is 28.5 Å². The molecule has 0 aliphatic carbocycles. The van der Waals surface area contributed by atoms with Gasteiger partial charge >= 0.3 is 0 Å². The van der Waals surface area contributed by atoms with E-state index in [9.17, 15) is 0 Å². The smallest absolute Gasteiger partial charge is 0.0640 e. The zero-order valence-electron chi connectivity index (χ0n) is 12.9. The molecule has 0 radical (unpaired) electrons. The third kappa shape index (κ3) is 3.40. The molecule has 2 heterocycles. The van der Waals surface area contributed by atoms with Crippen LogP contribution in [0.2, 0.25) is 0 Å². The van der Waals surface area contributed by atoms with Crippen LogP contribution < -0.4 is 11.3 Å². The van der Waals surface area contributed by atoms with Crippen molar-refractivity contribution in [2.75, 3.05) is 6.61 Å². The molecule has 0 amide bonds. The molecule has 3 N–H and O–H groups in total. The molecule has 20 heavy (non-hydrogen) atoms. The molecule has 1 aliphatic heterocycles. The summed E-state index contributed by atoms with van der Waals surface area (Å²) in [7, 11) is 0. The van der Waals surface area contributed by atoms with E-state index in [-0.39, 0.29) is 12.1 Å². The van der Waals surface area contributed by atoms with Gasteiger partial charge in [-0.3, -0.25) is 16.0 Å². The number of aromatic nitrogens is 2. The van der Waals surface area contributed by atoms with Crippen LogP contribution in [0.3, 0.4) is 0 Å². The molecular formula is C15H28N4O. The van der Waals surface area contributed by atoms with Crippen molar-refractivity contribution >= 4 is 0 Å². The van der Waals surface area contributed by atoms with E-state index >= 15 is 0 Å². The van der Waals surface area contributed by atoms with Gasteiger partial charge in [-0.25, -0.2) is 0 Å². The normalized spacial score (nSPS) is 24.4. The molecule has 5 nitrogen and oxygen atoms in total. The van der Waals surface area contributed by atoms with E-state index in [4.69, 9.17) is 15.7 Å². The molecule has 3 unspecified atom stereocenters. The average molecular weight is 280 g/mol. The summed E-state index contributed by atoms with van der Waals surface area (Å²) in [6.07, 6.45) is 6.53. The fourth-order valence-corrected chi connectivity index (χ4v) is 3.19. The first-order valence-electron chi connectivity index (χ1n) is 7.81. The second kappa shape index (κ2) is 7.20. The lowest BCUT2D eigenvalue weighted by molar-refractivity contribution is 0.0952. The molecule has 3 atom stereocenters. The van der Waals surface area contributed by atoms with E-state index in [1.54, 1.807) is 0 Å². The third-order valence-corrected chi connectivity index (χ3v) is 4.58. The molecule has 1 saturated heterocycles. The van der Waals surface area contributed by atoms with Crippen LogP contribution in [0.5, 0.6) is 0 Å². The summed E-state index contributed by atoms with van der Waals surface area (Å²) in [5.41, 5.74) is 4.07. The van der Waals surface area contributed by atoms with Gasteiger partial charge in [0.05, 0.1) is 17.8 Å². The molecule has 1 aromatic rings. The Morgan fingerprint density at radius 3 is 2.80 bits per heavy atom. The summed E-state index contributed by atoms with van der Waals surface area (Å²) in [5, 5.41) is 4.72. The predicted octanol–water partition coefficient (Wildman–Crippen LogP) is 2.04. The molecule has 114 valence electrons. The molecule has 2 rings (SSSR count). The number of hydrazine groups is 1. The molecule has 5 heteroatoms. The zero-order chi connectivity index (χ0) is 14.5. The summed E-state index contributed by atoms with van der Waals surface area (Å²) in [5.74, 6) is 6.21. The number of rotatable bonds is 7. The van der Waals surface area contributed by atoms with Crippen molar-refractivity contribution in [2.45, 2.75) is 64.6 Å². The highest BCUT2D eigenvalue weighted by Crippen LogP contribution is 2.25. The third-order valence-electron chi connectivity index (χ3n) is 4.58. The van der Waals surface area contributed by atoms with Gasteiger partial charge < -0.3 is 4.74 Å². The van der Waals surface area contributed by atoms with Crippen molar-refractivity contribution in [3.05, 3.63) is 18.0 Å². The number of nitrogens with two attached hydrogens (primary N) is 1. The van der Waals surface area contributed by atoms with Crippen molar-refractivity contribution < 1.29 is 4.74 Å². The Labute approximate surface area is 121 Å². The average Bonchev–Trinajstić information content (AvgIpc) is 3.07. The van der Waals surface area contributed by atoms with Gasteiger partial charge in [0.15, 0.2) is 0 Å². The Kier molecular flexibility index (Phi) is 5.57. The molecule has 0 saturated carbocycles. The standard InChI is InChI=1S/C15H28N4O/c1-4-13(5-2)19-8-6-12(18-19)10-15(17-16)14-7-9-20-11(14)3/h6,8,11,13-15,17H,4-5,7,9-10,16H2,1-3H3. The number of nitrogens with one attached hydrogen (secondary N) is 1. The fraction of sp³-hybridized carbons (Fsp3) is 0.800. The van der Waals surface area contributed by atoms with E-state index in [0.29, 0.717) is 12.0 Å². The summed E-state index contributed by atoms with van der Waals surface area (Å²) < 4.78 is 7.74. The van der Waals surface area contributed by atoms with Crippen molar-refractivity contribution in [3.8, 4) is 0 Å². The van der Waals surface area contributed by atoms with Crippen molar-refractivity contribution in [3.63, 3.8) is 0 Å². The Bertz CT molecular complexity index is 402. The van der Waals surface area contributed by atoms with Crippen LogP contribution >= 0.6 is 0 Å². The molecule has 0 bridgehead atoms. The minimum Gasteiger partial charge on any atom is -0.378 e. The van der Waals surface area contributed by atoms with Gasteiger partial charge in [0.1, 0.15) is 0 Å². The van der Waals surface area contributed by atoms with Crippen molar-refractivity contribution in [2.24, 2.45) is 11.8 Å². The lowest BCUT2D eigenvalue weighted by Gasteiger charge is -2.24. The van der Waals surface area contributed by atoms with E-state index in [2.05, 4.69) is 43.1 Å². The molecule has 0 aromatic carbocycles. The van der Waals surface area contributed by atoms with Gasteiger partial charge in [0, 0.05) is 31.2 Å². The number of hydrogen-bond donors (Lipinski definition) is 2. The summed E-state index contributed by atoms with van der Waals surface area (Å²) in [6, 6.07) is 2.85. The minimum absolute atomic E-state index is 0.234. The second-order valence-electron chi connectivity index (χ2n) is 5.76. The van der Waals surface area contributed by atoms with E-state index in [1.165, 1.54) is 0 Å². The summed E-state index contributed by atoms with van der Waals surface area (Å²) >= 11 is 0. The monoisotopic (exact) mass is 280 g/mol. The maximum atomic E-state index is 5.74. The van der Waals surface area contributed by atoms with Crippen LogP contribution in [0.25, 0.3) is 0 Å². The van der Waals surface area contributed by atoms with E-state index in [0.717, 1.165) is 38.0 Å². The molecule has 1 fully saturated rings. The lowest BCUT2D eigenvalue weighted by atomic mass is 9.91. The molecule has 0 spiro atoms. The Morgan fingerprint density at radius 1 is 1.50 bits per heavy atom. The van der Waals surface area contributed by atoms with Gasteiger partial charge in [-0.1, -0.05) is 13.8 Å². The van der Waals surface area contributed by atoms with E-state index < -0.39 is 0 Å². The van der Waals surface area contributed by atoms with Gasteiger partial charge in [0.2, 0.25) is 0 Å². The minimum atomic E-state index is 0.234. The number of nitrogens with zero attached hydrogens (tertiary/aromatic N) is 2. The highest BCUT2D eigenvalue weighted by molar-refractivity contribution is 5.04. The van der Waals surface area contributed by atoms with Gasteiger partial charge in [-0.05, 0) is 32.3 Å². The van der Waals surface area contributed by atoms with Crippen molar-refractivity contribution in [1.82, 2.24) is 15.2 Å². The molecule has 1 aromatic heterocycles. The maximum Gasteiger partial charge on any atom is 0.0640 e. The SMILES string of the molecule is CCC(CC)n1ccc(CC(NN)C2CCOC2C)n1.